The van der Waals surface area contributed by atoms with Crippen molar-refractivity contribution in [2.24, 2.45) is 0 Å². The number of Topliss-reactive ketones (excluding diaryl/α,β-unsaturated/α-hetero) is 1. The molecule has 6 nitrogen and oxygen atoms in total. The average Bonchev–Trinajstić information content (AvgIpc) is 3.03. The molecule has 1 aliphatic heterocycles. The Morgan fingerprint density at radius 1 is 0.938 bits per heavy atom. The van der Waals surface area contributed by atoms with Crippen molar-refractivity contribution in [1.29, 1.82) is 0 Å². The Morgan fingerprint density at radius 2 is 1.75 bits per heavy atom. The van der Waals surface area contributed by atoms with Crippen LogP contribution >= 0.6 is 0 Å². The van der Waals surface area contributed by atoms with Gasteiger partial charge in [-0.3, -0.25) is 9.59 Å². The molecule has 1 aliphatic rings. The number of ketones is 1. The largest absolute Gasteiger partial charge is 0.326 e. The third kappa shape index (κ3) is 4.79. The van der Waals surface area contributed by atoms with Crippen LogP contribution in [-0.2, 0) is 17.8 Å². The molecular formula is C26H30N4O2. The molecule has 1 amide bonds. The van der Waals surface area contributed by atoms with E-state index in [1.807, 2.05) is 57.2 Å². The molecule has 0 aliphatic carbocycles. The fourth-order valence-corrected chi connectivity index (χ4v) is 4.21. The minimum absolute atomic E-state index is 0.00187. The second-order valence-electron chi connectivity index (χ2n) is 8.72. The van der Waals surface area contributed by atoms with E-state index in [1.54, 1.807) is 0 Å². The molecule has 1 N–H and O–H groups in total. The van der Waals surface area contributed by atoms with Gasteiger partial charge in [-0.25, -0.2) is 0 Å². The van der Waals surface area contributed by atoms with E-state index in [-0.39, 0.29) is 24.5 Å². The second kappa shape index (κ2) is 9.47. The van der Waals surface area contributed by atoms with E-state index < -0.39 is 0 Å². The standard InChI is InChI=1S/C26H30N4O2/c1-17-8-9-18(2)21(15-17)23(31)12-13-25(32)27-22-16-20(11-10-19(22)3)26-29-28-24-7-5-4-6-14-30(24)26/h8-11,15-16H,4-7,12-14H2,1-3H3,(H,27,32). The maximum atomic E-state index is 12.6. The Labute approximate surface area is 189 Å². The van der Waals surface area contributed by atoms with Crippen LogP contribution in [0.4, 0.5) is 5.69 Å². The van der Waals surface area contributed by atoms with E-state index in [4.69, 9.17) is 0 Å². The number of amides is 1. The van der Waals surface area contributed by atoms with E-state index in [0.29, 0.717) is 5.56 Å². The lowest BCUT2D eigenvalue weighted by molar-refractivity contribution is -0.116. The summed E-state index contributed by atoms with van der Waals surface area (Å²) in [4.78, 5) is 25.2. The zero-order chi connectivity index (χ0) is 22.7. The van der Waals surface area contributed by atoms with E-state index >= 15 is 0 Å². The van der Waals surface area contributed by atoms with E-state index in [2.05, 4.69) is 20.1 Å². The van der Waals surface area contributed by atoms with Crippen LogP contribution in [0.25, 0.3) is 11.4 Å². The summed E-state index contributed by atoms with van der Waals surface area (Å²) in [6, 6.07) is 11.8. The summed E-state index contributed by atoms with van der Waals surface area (Å²) in [5, 5.41) is 11.8. The molecule has 1 aromatic heterocycles. The van der Waals surface area contributed by atoms with Crippen molar-refractivity contribution in [3.63, 3.8) is 0 Å². The molecule has 0 unspecified atom stereocenters. The van der Waals surface area contributed by atoms with Gasteiger partial charge in [-0.05, 0) is 56.9 Å². The van der Waals surface area contributed by atoms with Crippen molar-refractivity contribution in [3.05, 3.63) is 64.5 Å². The summed E-state index contributed by atoms with van der Waals surface area (Å²) in [7, 11) is 0. The van der Waals surface area contributed by atoms with Gasteiger partial charge in [-0.2, -0.15) is 0 Å². The molecule has 0 saturated carbocycles. The van der Waals surface area contributed by atoms with Gasteiger partial charge in [0.05, 0.1) is 0 Å². The van der Waals surface area contributed by atoms with Gasteiger partial charge in [0.1, 0.15) is 5.82 Å². The third-order valence-corrected chi connectivity index (χ3v) is 6.15. The lowest BCUT2D eigenvalue weighted by Gasteiger charge is -2.12. The van der Waals surface area contributed by atoms with Crippen LogP contribution in [0.3, 0.4) is 0 Å². The first-order chi connectivity index (χ1) is 15.4. The first kappa shape index (κ1) is 21.9. The minimum atomic E-state index is -0.163. The van der Waals surface area contributed by atoms with Crippen molar-refractivity contribution in [2.45, 2.75) is 65.8 Å². The first-order valence-corrected chi connectivity index (χ1v) is 11.4. The Balaban J connectivity index is 1.45. The topological polar surface area (TPSA) is 76.9 Å². The number of fused-ring (bicyclic) bond motifs is 1. The monoisotopic (exact) mass is 430 g/mol. The molecule has 0 spiro atoms. The van der Waals surface area contributed by atoms with Gasteiger partial charge in [0, 0.05) is 42.6 Å². The first-order valence-electron chi connectivity index (χ1n) is 11.4. The van der Waals surface area contributed by atoms with Gasteiger partial charge in [0.25, 0.3) is 0 Å². The van der Waals surface area contributed by atoms with E-state index in [9.17, 15) is 9.59 Å². The molecule has 4 rings (SSSR count). The van der Waals surface area contributed by atoms with Crippen LogP contribution in [0, 0.1) is 20.8 Å². The Kier molecular flexibility index (Phi) is 6.49. The smallest absolute Gasteiger partial charge is 0.224 e. The SMILES string of the molecule is Cc1ccc(C)c(C(=O)CCC(=O)Nc2cc(-c3nnc4n3CCCCC4)ccc2C)c1. The number of aryl methyl sites for hydroxylation is 4. The Hall–Kier alpha value is -3.28. The zero-order valence-electron chi connectivity index (χ0n) is 19.1. The average molecular weight is 431 g/mol. The summed E-state index contributed by atoms with van der Waals surface area (Å²) in [5.41, 5.74) is 5.34. The maximum Gasteiger partial charge on any atom is 0.224 e. The molecule has 0 radical (unpaired) electrons. The highest BCUT2D eigenvalue weighted by molar-refractivity contribution is 6.01. The second-order valence-corrected chi connectivity index (χ2v) is 8.72. The number of hydrogen-bond donors (Lipinski definition) is 1. The van der Waals surface area contributed by atoms with E-state index in [1.165, 1.54) is 6.42 Å². The van der Waals surface area contributed by atoms with Crippen LogP contribution in [0.5, 0.6) is 0 Å². The summed E-state index contributed by atoms with van der Waals surface area (Å²) >= 11 is 0. The number of benzene rings is 2. The van der Waals surface area contributed by atoms with Crippen LogP contribution in [-0.4, -0.2) is 26.5 Å². The molecule has 0 atom stereocenters. The van der Waals surface area contributed by atoms with Crippen LogP contribution in [0.2, 0.25) is 0 Å². The highest BCUT2D eigenvalue weighted by atomic mass is 16.2. The lowest BCUT2D eigenvalue weighted by atomic mass is 9.99. The molecule has 2 heterocycles. The number of hydrogen-bond acceptors (Lipinski definition) is 4. The van der Waals surface area contributed by atoms with Gasteiger partial charge in [0.15, 0.2) is 11.6 Å². The number of anilines is 1. The fourth-order valence-electron chi connectivity index (χ4n) is 4.21. The molecule has 0 saturated heterocycles. The fraction of sp³-hybridized carbons (Fsp3) is 0.385. The van der Waals surface area contributed by atoms with Gasteiger partial charge in [-0.15, -0.1) is 10.2 Å². The van der Waals surface area contributed by atoms with Gasteiger partial charge in [-0.1, -0.05) is 36.2 Å². The molecule has 0 bridgehead atoms. The van der Waals surface area contributed by atoms with Gasteiger partial charge in [0.2, 0.25) is 5.91 Å². The molecule has 2 aromatic carbocycles. The molecule has 0 fully saturated rings. The highest BCUT2D eigenvalue weighted by Crippen LogP contribution is 2.27. The number of nitrogens with zero attached hydrogens (tertiary/aromatic N) is 3. The summed E-state index contributed by atoms with van der Waals surface area (Å²) in [6.45, 7) is 6.78. The minimum Gasteiger partial charge on any atom is -0.326 e. The van der Waals surface area contributed by atoms with Gasteiger partial charge >= 0.3 is 0 Å². The lowest BCUT2D eigenvalue weighted by Crippen LogP contribution is -2.15. The number of aromatic nitrogens is 3. The van der Waals surface area contributed by atoms with Crippen LogP contribution < -0.4 is 5.32 Å². The number of rotatable bonds is 6. The number of carbonyl (C=O) groups is 2. The quantitative estimate of drug-likeness (QED) is 0.546. The molecule has 32 heavy (non-hydrogen) atoms. The maximum absolute atomic E-state index is 12.6. The highest BCUT2D eigenvalue weighted by Gasteiger charge is 2.17. The van der Waals surface area contributed by atoms with Crippen molar-refractivity contribution in [2.75, 3.05) is 5.32 Å². The Morgan fingerprint density at radius 3 is 2.59 bits per heavy atom. The predicted octanol–water partition coefficient (Wildman–Crippen LogP) is 5.20. The summed E-state index contributed by atoms with van der Waals surface area (Å²) in [5.74, 6) is 1.72. The summed E-state index contributed by atoms with van der Waals surface area (Å²) in [6.07, 6.45) is 4.77. The zero-order valence-corrected chi connectivity index (χ0v) is 19.1. The molecular weight excluding hydrogens is 400 g/mol. The van der Waals surface area contributed by atoms with Crippen molar-refractivity contribution < 1.29 is 9.59 Å². The third-order valence-electron chi connectivity index (χ3n) is 6.15. The summed E-state index contributed by atoms with van der Waals surface area (Å²) < 4.78 is 2.20. The molecule has 166 valence electrons. The molecule has 3 aromatic rings. The predicted molar refractivity (Wildman–Crippen MR) is 126 cm³/mol. The normalized spacial score (nSPS) is 13.3. The van der Waals surface area contributed by atoms with Gasteiger partial charge < -0.3 is 9.88 Å². The van der Waals surface area contributed by atoms with E-state index in [0.717, 1.165) is 65.4 Å². The van der Waals surface area contributed by atoms with Crippen molar-refractivity contribution >= 4 is 17.4 Å². The van der Waals surface area contributed by atoms with Crippen LogP contribution in [0.1, 0.15) is 65.0 Å². The number of nitrogens with one attached hydrogen (secondary N) is 1. The van der Waals surface area contributed by atoms with Crippen molar-refractivity contribution in [3.8, 4) is 11.4 Å². The van der Waals surface area contributed by atoms with Crippen molar-refractivity contribution in [1.82, 2.24) is 14.8 Å². The molecule has 6 heteroatoms. The van der Waals surface area contributed by atoms with Crippen LogP contribution in [0.15, 0.2) is 36.4 Å². The number of carbonyl (C=O) groups excluding carboxylic acids is 2. The Bertz CT molecular complexity index is 1160.